The summed E-state index contributed by atoms with van der Waals surface area (Å²) in [6.45, 7) is 9.99. The Labute approximate surface area is 192 Å². The van der Waals surface area contributed by atoms with Gasteiger partial charge in [-0.25, -0.2) is 9.97 Å². The first-order chi connectivity index (χ1) is 15.3. The van der Waals surface area contributed by atoms with E-state index in [0.29, 0.717) is 16.6 Å². The summed E-state index contributed by atoms with van der Waals surface area (Å²) >= 11 is 6.56. The maximum atomic E-state index is 12.8. The Kier molecular flexibility index (Phi) is 6.96. The average Bonchev–Trinajstić information content (AvgIpc) is 3.31. The van der Waals surface area contributed by atoms with Crippen LogP contribution in [-0.2, 0) is 13.6 Å². The van der Waals surface area contributed by atoms with Crippen LogP contribution in [0.3, 0.4) is 0 Å². The summed E-state index contributed by atoms with van der Waals surface area (Å²) in [5, 5.41) is 7.68. The predicted octanol–water partition coefficient (Wildman–Crippen LogP) is 4.45. The minimum atomic E-state index is -0.351. The normalized spacial score (nSPS) is 10.8. The third-order valence-corrected chi connectivity index (χ3v) is 5.29. The van der Waals surface area contributed by atoms with Gasteiger partial charge in [0.2, 0.25) is 5.78 Å². The van der Waals surface area contributed by atoms with Crippen molar-refractivity contribution >= 4 is 29.1 Å². The van der Waals surface area contributed by atoms with Crippen molar-refractivity contribution in [1.82, 2.24) is 24.1 Å². The molecule has 0 spiro atoms. The SMILES string of the molecule is CC.Cc1ccc(-c2c(CN)c(C)nc3nc(C(=O)Nc4cc(C)nn4C)cn23)c(Cl)c1. The molecule has 3 N–H and O–H groups in total. The Balaban J connectivity index is 0.00000141. The van der Waals surface area contributed by atoms with E-state index >= 15 is 0 Å². The molecule has 8 nitrogen and oxygen atoms in total. The number of anilines is 1. The molecule has 0 aliphatic rings. The van der Waals surface area contributed by atoms with E-state index in [1.165, 1.54) is 0 Å². The maximum absolute atomic E-state index is 12.8. The molecule has 0 aliphatic heterocycles. The summed E-state index contributed by atoms with van der Waals surface area (Å²) in [5.41, 5.74) is 11.3. The molecular weight excluding hydrogens is 426 g/mol. The van der Waals surface area contributed by atoms with Crippen LogP contribution in [0.2, 0.25) is 5.02 Å². The van der Waals surface area contributed by atoms with Crippen molar-refractivity contribution < 1.29 is 4.79 Å². The summed E-state index contributed by atoms with van der Waals surface area (Å²) in [6.07, 6.45) is 1.66. The van der Waals surface area contributed by atoms with Gasteiger partial charge in [-0.15, -0.1) is 0 Å². The van der Waals surface area contributed by atoms with Gasteiger partial charge in [0.05, 0.1) is 16.4 Å². The van der Waals surface area contributed by atoms with Gasteiger partial charge in [0.1, 0.15) is 11.5 Å². The lowest BCUT2D eigenvalue weighted by atomic mass is 10.0. The molecule has 0 saturated carbocycles. The Hall–Kier alpha value is -3.23. The van der Waals surface area contributed by atoms with E-state index < -0.39 is 0 Å². The Morgan fingerprint density at radius 3 is 2.47 bits per heavy atom. The molecule has 3 aromatic heterocycles. The van der Waals surface area contributed by atoms with E-state index in [9.17, 15) is 4.79 Å². The molecule has 0 saturated heterocycles. The zero-order valence-corrected chi connectivity index (χ0v) is 19.9. The molecule has 1 amide bonds. The Morgan fingerprint density at radius 2 is 1.88 bits per heavy atom. The number of nitrogens with zero attached hydrogens (tertiary/aromatic N) is 5. The minimum Gasteiger partial charge on any atom is -0.326 e. The van der Waals surface area contributed by atoms with Crippen molar-refractivity contribution in [2.75, 3.05) is 5.32 Å². The molecule has 0 bridgehead atoms. The van der Waals surface area contributed by atoms with E-state index in [-0.39, 0.29) is 18.1 Å². The zero-order chi connectivity index (χ0) is 23.6. The van der Waals surface area contributed by atoms with Crippen molar-refractivity contribution in [3.8, 4) is 11.3 Å². The van der Waals surface area contributed by atoms with Crippen LogP contribution in [0.1, 0.15) is 46.9 Å². The number of aryl methyl sites for hydroxylation is 4. The van der Waals surface area contributed by atoms with Crippen LogP contribution in [-0.4, -0.2) is 30.1 Å². The third-order valence-electron chi connectivity index (χ3n) is 4.98. The average molecular weight is 454 g/mol. The largest absolute Gasteiger partial charge is 0.326 e. The monoisotopic (exact) mass is 453 g/mol. The molecular formula is C23H28ClN7O. The Morgan fingerprint density at radius 1 is 1.16 bits per heavy atom. The molecule has 9 heteroatoms. The highest BCUT2D eigenvalue weighted by molar-refractivity contribution is 6.33. The van der Waals surface area contributed by atoms with Crippen LogP contribution in [0.15, 0.2) is 30.5 Å². The van der Waals surface area contributed by atoms with Gasteiger partial charge in [-0.3, -0.25) is 13.9 Å². The highest BCUT2D eigenvalue weighted by Crippen LogP contribution is 2.33. The lowest BCUT2D eigenvalue weighted by Crippen LogP contribution is -2.14. The van der Waals surface area contributed by atoms with Crippen molar-refractivity contribution in [1.29, 1.82) is 0 Å². The number of aromatic nitrogens is 5. The number of carbonyl (C=O) groups excluding carboxylic acids is 1. The van der Waals surface area contributed by atoms with E-state index in [0.717, 1.165) is 33.8 Å². The van der Waals surface area contributed by atoms with Crippen LogP contribution in [0.25, 0.3) is 17.0 Å². The highest BCUT2D eigenvalue weighted by Gasteiger charge is 2.20. The van der Waals surface area contributed by atoms with Gasteiger partial charge in [0, 0.05) is 42.7 Å². The molecule has 32 heavy (non-hydrogen) atoms. The fourth-order valence-electron chi connectivity index (χ4n) is 3.51. The lowest BCUT2D eigenvalue weighted by Gasteiger charge is -2.15. The van der Waals surface area contributed by atoms with Crippen LogP contribution in [0.5, 0.6) is 0 Å². The molecule has 168 valence electrons. The van der Waals surface area contributed by atoms with Gasteiger partial charge in [-0.05, 0) is 32.4 Å². The predicted molar refractivity (Wildman–Crippen MR) is 128 cm³/mol. The Bertz CT molecular complexity index is 1290. The molecule has 4 aromatic rings. The molecule has 0 aliphatic carbocycles. The second-order valence-corrected chi connectivity index (χ2v) is 7.66. The van der Waals surface area contributed by atoms with Gasteiger partial charge in [-0.2, -0.15) is 5.10 Å². The molecule has 3 heterocycles. The maximum Gasteiger partial charge on any atom is 0.277 e. The van der Waals surface area contributed by atoms with E-state index in [4.69, 9.17) is 17.3 Å². The number of carbonyl (C=O) groups is 1. The van der Waals surface area contributed by atoms with E-state index in [1.54, 1.807) is 28.4 Å². The summed E-state index contributed by atoms with van der Waals surface area (Å²) in [4.78, 5) is 21.8. The fraction of sp³-hybridized carbons (Fsp3) is 0.304. The molecule has 4 rings (SSSR count). The first-order valence-corrected chi connectivity index (χ1v) is 10.8. The lowest BCUT2D eigenvalue weighted by molar-refractivity contribution is 0.102. The zero-order valence-electron chi connectivity index (χ0n) is 19.2. The van der Waals surface area contributed by atoms with Crippen molar-refractivity contribution in [3.63, 3.8) is 0 Å². The van der Waals surface area contributed by atoms with E-state index in [2.05, 4.69) is 20.4 Å². The first kappa shape index (κ1) is 23.4. The summed E-state index contributed by atoms with van der Waals surface area (Å²) in [5.74, 6) is 0.641. The van der Waals surface area contributed by atoms with Gasteiger partial charge in [-0.1, -0.05) is 37.6 Å². The van der Waals surface area contributed by atoms with Crippen LogP contribution in [0, 0.1) is 20.8 Å². The number of nitrogens with two attached hydrogens (primary N) is 1. The molecule has 1 aromatic carbocycles. The fourth-order valence-corrected chi connectivity index (χ4v) is 3.84. The molecule has 0 atom stereocenters. The van der Waals surface area contributed by atoms with Gasteiger partial charge >= 0.3 is 0 Å². The van der Waals surface area contributed by atoms with E-state index in [1.807, 2.05) is 52.8 Å². The molecule has 0 unspecified atom stereocenters. The van der Waals surface area contributed by atoms with Gasteiger partial charge in [0.25, 0.3) is 5.91 Å². The number of nitrogens with one attached hydrogen (secondary N) is 1. The number of halogens is 1. The quantitative estimate of drug-likeness (QED) is 0.475. The molecule has 0 radical (unpaired) electrons. The third kappa shape index (κ3) is 4.37. The first-order valence-electron chi connectivity index (χ1n) is 10.5. The number of benzene rings is 1. The van der Waals surface area contributed by atoms with Gasteiger partial charge in [0.15, 0.2) is 0 Å². The number of amides is 1. The van der Waals surface area contributed by atoms with Crippen molar-refractivity contribution in [2.24, 2.45) is 12.8 Å². The topological polar surface area (TPSA) is 103 Å². The van der Waals surface area contributed by atoms with Crippen LogP contribution < -0.4 is 11.1 Å². The standard InChI is InChI=1S/C21H22ClN7O.C2H6/c1-11-5-6-14(16(22)7-11)19-15(9-23)13(3)24-21-25-17(10-29(19)21)20(30)26-18-8-12(2)27-28(18)4;1-2/h5-8,10H,9,23H2,1-4H3,(H,26,30);1-2H3. The number of imidazole rings is 1. The second-order valence-electron chi connectivity index (χ2n) is 7.26. The summed E-state index contributed by atoms with van der Waals surface area (Å²) in [6, 6.07) is 7.62. The number of hydrogen-bond acceptors (Lipinski definition) is 5. The van der Waals surface area contributed by atoms with Crippen LogP contribution in [0.4, 0.5) is 5.82 Å². The number of rotatable bonds is 4. The number of fused-ring (bicyclic) bond motifs is 1. The number of hydrogen-bond donors (Lipinski definition) is 2. The summed E-state index contributed by atoms with van der Waals surface area (Å²) in [7, 11) is 1.77. The smallest absolute Gasteiger partial charge is 0.277 e. The highest BCUT2D eigenvalue weighted by atomic mass is 35.5. The minimum absolute atomic E-state index is 0.236. The summed E-state index contributed by atoms with van der Waals surface area (Å²) < 4.78 is 3.38. The van der Waals surface area contributed by atoms with Crippen LogP contribution >= 0.6 is 11.6 Å². The van der Waals surface area contributed by atoms with Gasteiger partial charge < -0.3 is 11.1 Å². The van der Waals surface area contributed by atoms with Crippen molar-refractivity contribution in [2.45, 2.75) is 41.2 Å². The molecule has 0 fully saturated rings. The van der Waals surface area contributed by atoms with Crippen molar-refractivity contribution in [3.05, 3.63) is 63.7 Å². The second kappa shape index (κ2) is 9.50.